The second kappa shape index (κ2) is 4.72. The minimum absolute atomic E-state index is 0.00456. The monoisotopic (exact) mass is 312 g/mol. The van der Waals surface area contributed by atoms with Crippen LogP contribution in [0.25, 0.3) is 0 Å². The van der Waals surface area contributed by atoms with Crippen LogP contribution in [-0.2, 0) is 21.2 Å². The third kappa shape index (κ3) is 3.66. The molecule has 0 saturated carbocycles. The van der Waals surface area contributed by atoms with Crippen LogP contribution in [0.5, 0.6) is 5.75 Å². The predicted octanol–water partition coefficient (Wildman–Crippen LogP) is 2.79. The zero-order valence-corrected chi connectivity index (χ0v) is 11.2. The van der Waals surface area contributed by atoms with Crippen molar-refractivity contribution in [1.29, 1.82) is 0 Å². The highest BCUT2D eigenvalue weighted by molar-refractivity contribution is 9.10. The summed E-state index contributed by atoms with van der Waals surface area (Å²) in [4.78, 5) is 0. The number of aryl methyl sites for hydroxylation is 1. The highest BCUT2D eigenvalue weighted by Gasteiger charge is 2.14. The molecule has 0 fully saturated rings. The molecule has 0 aliphatic heterocycles. The van der Waals surface area contributed by atoms with Crippen LogP contribution in [0.15, 0.2) is 16.6 Å². The van der Waals surface area contributed by atoms with Gasteiger partial charge in [0.15, 0.2) is 0 Å². The Hall–Kier alpha value is -0.260. The van der Waals surface area contributed by atoms with Gasteiger partial charge < -0.3 is 5.11 Å². The van der Waals surface area contributed by atoms with Gasteiger partial charge in [-0.1, -0.05) is 22.9 Å². The van der Waals surface area contributed by atoms with Gasteiger partial charge in [-0.15, -0.1) is 0 Å². The first kappa shape index (κ1) is 12.8. The second-order valence-corrected chi connectivity index (χ2v) is 6.80. The summed E-state index contributed by atoms with van der Waals surface area (Å²) in [6.45, 7) is 1.88. The number of benzene rings is 1. The summed E-state index contributed by atoms with van der Waals surface area (Å²) in [6.07, 6.45) is 0.626. The van der Waals surface area contributed by atoms with E-state index < -0.39 is 9.05 Å². The highest BCUT2D eigenvalue weighted by atomic mass is 79.9. The molecule has 0 spiro atoms. The zero-order chi connectivity index (χ0) is 11.6. The Morgan fingerprint density at radius 2 is 1.93 bits per heavy atom. The maximum absolute atomic E-state index is 10.9. The Kier molecular flexibility index (Phi) is 4.03. The van der Waals surface area contributed by atoms with E-state index in [2.05, 4.69) is 15.9 Å². The second-order valence-electron chi connectivity index (χ2n) is 3.11. The van der Waals surface area contributed by atoms with Gasteiger partial charge in [0, 0.05) is 20.7 Å². The van der Waals surface area contributed by atoms with Crippen molar-refractivity contribution in [1.82, 2.24) is 0 Å². The standard InChI is InChI=1S/C9H10BrClO3S/c1-2-6-3-8(10)4-7(9(6)12)5-15(11,13)14/h3-4,12H,2,5H2,1H3. The van der Waals surface area contributed by atoms with Gasteiger partial charge in [0.1, 0.15) is 5.75 Å². The molecule has 15 heavy (non-hydrogen) atoms. The summed E-state index contributed by atoms with van der Waals surface area (Å²) in [7, 11) is 1.48. The summed E-state index contributed by atoms with van der Waals surface area (Å²) >= 11 is 3.25. The zero-order valence-electron chi connectivity index (χ0n) is 8.00. The SMILES string of the molecule is CCc1cc(Br)cc(CS(=O)(=O)Cl)c1O. The minimum Gasteiger partial charge on any atom is -0.507 e. The normalized spacial score (nSPS) is 11.7. The van der Waals surface area contributed by atoms with Gasteiger partial charge in [0.2, 0.25) is 9.05 Å². The first-order valence-corrected chi connectivity index (χ1v) is 7.53. The molecule has 0 bridgehead atoms. The molecule has 1 aromatic rings. The van der Waals surface area contributed by atoms with Crippen LogP contribution < -0.4 is 0 Å². The third-order valence-electron chi connectivity index (χ3n) is 1.94. The first-order chi connectivity index (χ1) is 6.83. The Morgan fingerprint density at radius 1 is 1.40 bits per heavy atom. The molecule has 0 aliphatic rings. The van der Waals surface area contributed by atoms with E-state index in [-0.39, 0.29) is 11.5 Å². The maximum atomic E-state index is 10.9. The van der Waals surface area contributed by atoms with Gasteiger partial charge in [0.25, 0.3) is 0 Å². The fourth-order valence-corrected chi connectivity index (χ4v) is 2.78. The predicted molar refractivity (Wildman–Crippen MR) is 63.7 cm³/mol. The number of halogens is 2. The Labute approximate surface area is 102 Å². The Morgan fingerprint density at radius 3 is 2.40 bits per heavy atom. The van der Waals surface area contributed by atoms with E-state index in [0.717, 1.165) is 4.47 Å². The lowest BCUT2D eigenvalue weighted by Gasteiger charge is -2.08. The van der Waals surface area contributed by atoms with Crippen molar-refractivity contribution in [3.05, 3.63) is 27.7 Å². The van der Waals surface area contributed by atoms with Crippen LogP contribution in [0.3, 0.4) is 0 Å². The quantitative estimate of drug-likeness (QED) is 0.873. The van der Waals surface area contributed by atoms with Gasteiger partial charge in [0.05, 0.1) is 5.75 Å². The van der Waals surface area contributed by atoms with Crippen LogP contribution >= 0.6 is 26.6 Å². The van der Waals surface area contributed by atoms with Gasteiger partial charge in [-0.25, -0.2) is 8.42 Å². The molecule has 3 nitrogen and oxygen atoms in total. The van der Waals surface area contributed by atoms with E-state index in [0.29, 0.717) is 17.5 Å². The highest BCUT2D eigenvalue weighted by Crippen LogP contribution is 2.29. The van der Waals surface area contributed by atoms with E-state index >= 15 is 0 Å². The lowest BCUT2D eigenvalue weighted by Crippen LogP contribution is -1.97. The lowest BCUT2D eigenvalue weighted by molar-refractivity contribution is 0.463. The van der Waals surface area contributed by atoms with Crippen molar-refractivity contribution in [3.63, 3.8) is 0 Å². The molecule has 0 unspecified atom stereocenters. The third-order valence-corrected chi connectivity index (χ3v) is 3.38. The van der Waals surface area contributed by atoms with Gasteiger partial charge in [-0.2, -0.15) is 0 Å². The number of phenols is 1. The molecule has 0 radical (unpaired) electrons. The molecule has 0 atom stereocenters. The Bertz CT molecular complexity index is 470. The van der Waals surface area contributed by atoms with E-state index in [1.165, 1.54) is 0 Å². The summed E-state index contributed by atoms with van der Waals surface area (Å²) in [6, 6.07) is 3.30. The molecule has 6 heteroatoms. The molecule has 84 valence electrons. The smallest absolute Gasteiger partial charge is 0.236 e. The van der Waals surface area contributed by atoms with Crippen molar-refractivity contribution < 1.29 is 13.5 Å². The minimum atomic E-state index is -3.65. The van der Waals surface area contributed by atoms with Crippen molar-refractivity contribution in [2.45, 2.75) is 19.1 Å². The number of rotatable bonds is 3. The van der Waals surface area contributed by atoms with E-state index in [4.69, 9.17) is 10.7 Å². The average Bonchev–Trinajstić information content (AvgIpc) is 2.08. The summed E-state index contributed by atoms with van der Waals surface area (Å²) < 4.78 is 22.5. The molecule has 0 aliphatic carbocycles. The fourth-order valence-electron chi connectivity index (χ4n) is 1.28. The van der Waals surface area contributed by atoms with Crippen molar-refractivity contribution in [2.24, 2.45) is 0 Å². The van der Waals surface area contributed by atoms with Crippen LogP contribution in [-0.4, -0.2) is 13.5 Å². The lowest BCUT2D eigenvalue weighted by atomic mass is 10.1. The van der Waals surface area contributed by atoms with Crippen molar-refractivity contribution in [3.8, 4) is 5.75 Å². The van der Waals surface area contributed by atoms with Gasteiger partial charge >= 0.3 is 0 Å². The van der Waals surface area contributed by atoms with Crippen LogP contribution in [0.4, 0.5) is 0 Å². The van der Waals surface area contributed by atoms with E-state index in [1.807, 2.05) is 6.92 Å². The van der Waals surface area contributed by atoms with Crippen molar-refractivity contribution >= 4 is 35.7 Å². The van der Waals surface area contributed by atoms with E-state index in [9.17, 15) is 13.5 Å². The number of aromatic hydroxyl groups is 1. The topological polar surface area (TPSA) is 54.4 Å². The molecule has 0 saturated heterocycles. The fraction of sp³-hybridized carbons (Fsp3) is 0.333. The summed E-state index contributed by atoms with van der Waals surface area (Å²) in [5, 5.41) is 9.73. The molecule has 0 heterocycles. The molecule has 1 N–H and O–H groups in total. The number of hydrogen-bond acceptors (Lipinski definition) is 3. The van der Waals surface area contributed by atoms with Crippen LogP contribution in [0.2, 0.25) is 0 Å². The van der Waals surface area contributed by atoms with Crippen LogP contribution in [0, 0.1) is 0 Å². The molecule has 1 aromatic carbocycles. The molecule has 1 rings (SSSR count). The molecule has 0 amide bonds. The Balaban J connectivity index is 3.24. The molecular formula is C9H10BrClO3S. The maximum Gasteiger partial charge on any atom is 0.236 e. The first-order valence-electron chi connectivity index (χ1n) is 4.26. The average molecular weight is 314 g/mol. The number of hydrogen-bond donors (Lipinski definition) is 1. The molecule has 0 aromatic heterocycles. The largest absolute Gasteiger partial charge is 0.507 e. The van der Waals surface area contributed by atoms with Crippen molar-refractivity contribution in [2.75, 3.05) is 0 Å². The molecular weight excluding hydrogens is 304 g/mol. The van der Waals surface area contributed by atoms with Crippen LogP contribution in [0.1, 0.15) is 18.1 Å². The van der Waals surface area contributed by atoms with E-state index in [1.54, 1.807) is 12.1 Å². The van der Waals surface area contributed by atoms with Gasteiger partial charge in [-0.05, 0) is 24.1 Å². The summed E-state index contributed by atoms with van der Waals surface area (Å²) in [5.74, 6) is -0.364. The summed E-state index contributed by atoms with van der Waals surface area (Å²) in [5.41, 5.74) is 1.01. The van der Waals surface area contributed by atoms with Gasteiger partial charge in [-0.3, -0.25) is 0 Å². The number of phenolic OH excluding ortho intramolecular Hbond substituents is 1.